The molecule has 0 bridgehead atoms. The molecule has 1 aliphatic heterocycles. The number of Topliss-reactive ketones (excluding diaryl/α,β-unsaturated/α-hetero) is 1. The lowest BCUT2D eigenvalue weighted by Gasteiger charge is -2.39. The van der Waals surface area contributed by atoms with Gasteiger partial charge in [0.05, 0.1) is 23.3 Å². The van der Waals surface area contributed by atoms with Crippen LogP contribution in [0.3, 0.4) is 0 Å². The van der Waals surface area contributed by atoms with Crippen molar-refractivity contribution in [3.8, 4) is 0 Å². The molecule has 1 heterocycles. The summed E-state index contributed by atoms with van der Waals surface area (Å²) >= 11 is 0. The molecule has 0 aliphatic carbocycles. The maximum atomic E-state index is 12.9. The Labute approximate surface area is 233 Å². The Kier molecular flexibility index (Phi) is 13.2. The van der Waals surface area contributed by atoms with Gasteiger partial charge in [0, 0.05) is 24.9 Å². The van der Waals surface area contributed by atoms with Crippen molar-refractivity contribution in [2.75, 3.05) is 32.9 Å². The molecule has 13 heteroatoms. The van der Waals surface area contributed by atoms with Gasteiger partial charge in [-0.2, -0.15) is 0 Å². The molecule has 40 heavy (non-hydrogen) atoms. The van der Waals surface area contributed by atoms with Crippen LogP contribution in [-0.4, -0.2) is 84.5 Å². The first-order valence-electron chi connectivity index (χ1n) is 13.3. The second-order valence-corrected chi connectivity index (χ2v) is 10.8. The quantitative estimate of drug-likeness (QED) is 0.104. The van der Waals surface area contributed by atoms with Gasteiger partial charge >= 0.3 is 23.9 Å². The number of esters is 3. The van der Waals surface area contributed by atoms with Crippen LogP contribution in [0.5, 0.6) is 0 Å². The van der Waals surface area contributed by atoms with Crippen molar-refractivity contribution in [3.63, 3.8) is 0 Å². The van der Waals surface area contributed by atoms with Crippen LogP contribution in [0.25, 0.3) is 0 Å². The zero-order valence-corrected chi connectivity index (χ0v) is 23.8. The van der Waals surface area contributed by atoms with E-state index in [1.807, 2.05) is 0 Å². The number of aliphatic carboxylic acids is 2. The predicted molar refractivity (Wildman–Crippen MR) is 135 cm³/mol. The van der Waals surface area contributed by atoms with Gasteiger partial charge in [0.25, 0.3) is 0 Å². The smallest absolute Gasteiger partial charge is 0.313 e. The molecule has 1 N–H and O–H groups in total. The number of likely N-dealkylation sites (tertiary alicyclic amines) is 1. The van der Waals surface area contributed by atoms with E-state index in [2.05, 4.69) is 0 Å². The molecule has 1 aliphatic rings. The molecule has 0 spiro atoms. The first-order valence-corrected chi connectivity index (χ1v) is 13.3. The molecule has 226 valence electrons. The van der Waals surface area contributed by atoms with Crippen molar-refractivity contribution >= 4 is 41.5 Å². The van der Waals surface area contributed by atoms with E-state index in [0.717, 1.165) is 6.42 Å². The van der Waals surface area contributed by atoms with Gasteiger partial charge in [0.2, 0.25) is 5.91 Å². The van der Waals surface area contributed by atoms with Crippen LogP contribution in [0.2, 0.25) is 0 Å². The number of carboxylic acid groups (broad SMARTS) is 2. The van der Waals surface area contributed by atoms with Crippen LogP contribution in [-0.2, 0) is 47.8 Å². The van der Waals surface area contributed by atoms with E-state index in [-0.39, 0.29) is 44.9 Å². The van der Waals surface area contributed by atoms with Crippen LogP contribution < -0.4 is 5.11 Å². The monoisotopic (exact) mass is 570 g/mol. The number of ether oxygens (including phenoxy) is 3. The maximum Gasteiger partial charge on any atom is 0.313 e. The molecule has 3 unspecified atom stereocenters. The summed E-state index contributed by atoms with van der Waals surface area (Å²) in [6.07, 6.45) is 0.277. The summed E-state index contributed by atoms with van der Waals surface area (Å²) in [5, 5.41) is 22.1. The standard InChI is InChI=1S/C27H41NO12/c1-6-27(5,25(37)40-15-14-38-20(31)16-17(2)29)21(23(34)35)18(22(32)33)9-10-26(3,4)24(36)39-13-12-28-11-7-8-19(28)30/h18,21H,6-16H2,1-5H3,(H,32,33)(H,34,35)/p-1. The third-order valence-corrected chi connectivity index (χ3v) is 7.23. The molecule has 1 fully saturated rings. The van der Waals surface area contributed by atoms with Crippen LogP contribution >= 0.6 is 0 Å². The number of carbonyl (C=O) groups excluding carboxylic acids is 6. The molecule has 0 aromatic heterocycles. The van der Waals surface area contributed by atoms with Gasteiger partial charge in [-0.3, -0.25) is 28.8 Å². The minimum absolute atomic E-state index is 0.0144. The highest BCUT2D eigenvalue weighted by atomic mass is 16.6. The van der Waals surface area contributed by atoms with Crippen LogP contribution in [0, 0.1) is 22.7 Å². The van der Waals surface area contributed by atoms with E-state index in [0.29, 0.717) is 13.0 Å². The zero-order chi connectivity index (χ0) is 30.7. The lowest BCUT2D eigenvalue weighted by Crippen LogP contribution is -2.52. The Hall–Kier alpha value is -3.51. The third-order valence-electron chi connectivity index (χ3n) is 7.23. The summed E-state index contributed by atoms with van der Waals surface area (Å²) in [6.45, 7) is 7.02. The summed E-state index contributed by atoms with van der Waals surface area (Å²) < 4.78 is 15.2. The summed E-state index contributed by atoms with van der Waals surface area (Å²) in [6, 6.07) is 0. The number of hydrogen-bond acceptors (Lipinski definition) is 11. The first kappa shape index (κ1) is 34.5. The van der Waals surface area contributed by atoms with Crippen molar-refractivity contribution in [2.45, 2.75) is 73.1 Å². The van der Waals surface area contributed by atoms with E-state index in [1.54, 1.807) is 4.90 Å². The fourth-order valence-corrected chi connectivity index (χ4v) is 4.50. The Bertz CT molecular complexity index is 975. The summed E-state index contributed by atoms with van der Waals surface area (Å²) in [7, 11) is 0. The molecule has 0 aromatic carbocycles. The molecule has 13 nitrogen and oxygen atoms in total. The van der Waals surface area contributed by atoms with E-state index < -0.39 is 71.3 Å². The number of rotatable bonds is 18. The largest absolute Gasteiger partial charge is 0.550 e. The highest BCUT2D eigenvalue weighted by molar-refractivity contribution is 5.94. The Balaban J connectivity index is 2.87. The second kappa shape index (κ2) is 15.3. The molecule has 1 amide bonds. The molecule has 1 saturated heterocycles. The molecular weight excluding hydrogens is 530 g/mol. The molecule has 0 saturated carbocycles. The number of ketones is 1. The van der Waals surface area contributed by atoms with Crippen molar-refractivity contribution in [1.29, 1.82) is 0 Å². The van der Waals surface area contributed by atoms with Gasteiger partial charge in [-0.15, -0.1) is 0 Å². The van der Waals surface area contributed by atoms with Gasteiger partial charge in [0.15, 0.2) is 0 Å². The third kappa shape index (κ3) is 9.91. The average Bonchev–Trinajstić information content (AvgIpc) is 3.27. The van der Waals surface area contributed by atoms with E-state index >= 15 is 0 Å². The van der Waals surface area contributed by atoms with Gasteiger partial charge in [-0.25, -0.2) is 0 Å². The minimum atomic E-state index is -1.82. The summed E-state index contributed by atoms with van der Waals surface area (Å²) in [5.74, 6) is -9.56. The van der Waals surface area contributed by atoms with E-state index in [1.165, 1.54) is 34.6 Å². The number of nitrogens with zero attached hydrogens (tertiary/aromatic N) is 1. The zero-order valence-electron chi connectivity index (χ0n) is 23.8. The SMILES string of the molecule is CCC(C)(C(=O)OCCOC(=O)CC(C)=O)C(C(=O)[O-])C(CCC(C)(C)C(=O)OCCN1CCCC1=O)C(=O)O. The van der Waals surface area contributed by atoms with E-state index in [4.69, 9.17) is 14.2 Å². The van der Waals surface area contributed by atoms with Gasteiger partial charge in [-0.05, 0) is 53.4 Å². The van der Waals surface area contributed by atoms with Crippen molar-refractivity contribution in [2.24, 2.45) is 22.7 Å². The summed E-state index contributed by atoms with van der Waals surface area (Å²) in [5.41, 5.74) is -3.01. The fraction of sp³-hybridized carbons (Fsp3) is 0.741. The predicted octanol–water partition coefficient (Wildman–Crippen LogP) is 0.507. The summed E-state index contributed by atoms with van der Waals surface area (Å²) in [4.78, 5) is 85.8. The Morgan fingerprint density at radius 1 is 1.00 bits per heavy atom. The molecule has 0 aromatic rings. The number of hydrogen-bond donors (Lipinski definition) is 1. The van der Waals surface area contributed by atoms with Crippen LogP contribution in [0.1, 0.15) is 73.1 Å². The normalized spacial score (nSPS) is 16.4. The fourth-order valence-electron chi connectivity index (χ4n) is 4.50. The van der Waals surface area contributed by atoms with Gasteiger partial charge < -0.3 is 34.1 Å². The average molecular weight is 571 g/mol. The first-order chi connectivity index (χ1) is 18.6. The van der Waals surface area contributed by atoms with Crippen molar-refractivity contribution in [1.82, 2.24) is 4.90 Å². The molecular formula is C27H40NO12-. The second-order valence-electron chi connectivity index (χ2n) is 10.8. The van der Waals surface area contributed by atoms with Crippen LogP contribution in [0.15, 0.2) is 0 Å². The van der Waals surface area contributed by atoms with Crippen LogP contribution in [0.4, 0.5) is 0 Å². The molecule has 3 atom stereocenters. The van der Waals surface area contributed by atoms with Crippen molar-refractivity contribution in [3.05, 3.63) is 0 Å². The lowest BCUT2D eigenvalue weighted by molar-refractivity contribution is -0.317. The minimum Gasteiger partial charge on any atom is -0.550 e. The molecule has 0 radical (unpaired) electrons. The number of carboxylic acids is 2. The highest BCUT2D eigenvalue weighted by Crippen LogP contribution is 2.41. The van der Waals surface area contributed by atoms with Gasteiger partial charge in [0.1, 0.15) is 32.0 Å². The van der Waals surface area contributed by atoms with Crippen molar-refractivity contribution < 1.29 is 58.0 Å². The van der Waals surface area contributed by atoms with E-state index in [9.17, 15) is 43.8 Å². The topological polar surface area (TPSA) is 194 Å². The highest BCUT2D eigenvalue weighted by Gasteiger charge is 2.49. The van der Waals surface area contributed by atoms with Gasteiger partial charge in [-0.1, -0.05) is 6.92 Å². The number of carbonyl (C=O) groups is 7. The number of amides is 1. The lowest BCUT2D eigenvalue weighted by atomic mass is 9.66. The molecule has 1 rings (SSSR count). The Morgan fingerprint density at radius 2 is 1.60 bits per heavy atom. The maximum absolute atomic E-state index is 12.9. The Morgan fingerprint density at radius 3 is 2.10 bits per heavy atom.